The Labute approximate surface area is 141 Å². The summed E-state index contributed by atoms with van der Waals surface area (Å²) in [6, 6.07) is -0.609. The molecule has 1 aromatic heterocycles. The first-order valence-electron chi connectivity index (χ1n) is 7.96. The third-order valence-electron chi connectivity index (χ3n) is 3.22. The molecule has 0 saturated carbocycles. The summed E-state index contributed by atoms with van der Waals surface area (Å²) in [6.07, 6.45) is 3.34. The summed E-state index contributed by atoms with van der Waals surface area (Å²) < 4.78 is 5.10. The minimum absolute atomic E-state index is 0.00373. The first-order chi connectivity index (χ1) is 11.4. The molecule has 2 N–H and O–H groups in total. The third kappa shape index (κ3) is 5.94. The molecule has 1 atom stereocenters. The number of ether oxygens (including phenoxy) is 1. The van der Waals surface area contributed by atoms with Gasteiger partial charge in [0, 0.05) is 12.7 Å². The van der Waals surface area contributed by atoms with Gasteiger partial charge in [-0.15, -0.1) is 0 Å². The highest BCUT2D eigenvalue weighted by Crippen LogP contribution is 2.16. The maximum atomic E-state index is 12.2. The smallest absolute Gasteiger partial charge is 0.342 e. The molecule has 1 unspecified atom stereocenters. The van der Waals surface area contributed by atoms with Gasteiger partial charge in [0.15, 0.2) is 6.10 Å². The molecule has 0 bridgehead atoms. The Bertz CT molecular complexity index is 589. The number of unbranched alkanes of at least 4 members (excludes halogenated alkanes) is 1. The molecule has 1 aromatic rings. The highest BCUT2D eigenvalue weighted by atomic mass is 16.5. The number of hydrogen-bond acceptors (Lipinski definition) is 6. The van der Waals surface area contributed by atoms with Crippen molar-refractivity contribution in [1.82, 2.24) is 20.6 Å². The summed E-state index contributed by atoms with van der Waals surface area (Å²) in [4.78, 5) is 43.5. The molecule has 3 amide bonds. The summed E-state index contributed by atoms with van der Waals surface area (Å²) in [5, 5.41) is 4.68. The molecule has 1 rings (SSSR count). The van der Waals surface area contributed by atoms with E-state index in [1.54, 1.807) is 0 Å². The summed E-state index contributed by atoms with van der Waals surface area (Å²) in [5.41, 5.74) is 0.750. The fraction of sp³-hybridized carbons (Fsp3) is 0.562. The average molecular weight is 336 g/mol. The van der Waals surface area contributed by atoms with Gasteiger partial charge in [-0.05, 0) is 19.3 Å². The summed E-state index contributed by atoms with van der Waals surface area (Å²) in [5.74, 6) is -1.39. The Morgan fingerprint density at radius 2 is 1.96 bits per heavy atom. The zero-order chi connectivity index (χ0) is 18.1. The van der Waals surface area contributed by atoms with Gasteiger partial charge in [0.05, 0.1) is 11.3 Å². The van der Waals surface area contributed by atoms with Crippen LogP contribution < -0.4 is 10.6 Å². The summed E-state index contributed by atoms with van der Waals surface area (Å²) in [7, 11) is 0. The molecule has 132 valence electrons. The number of urea groups is 1. The normalized spacial score (nSPS) is 11.7. The Hall–Kier alpha value is -2.51. The maximum Gasteiger partial charge on any atom is 0.342 e. The van der Waals surface area contributed by atoms with Crippen LogP contribution in [0.5, 0.6) is 0 Å². The van der Waals surface area contributed by atoms with Gasteiger partial charge in [-0.2, -0.15) is 0 Å². The summed E-state index contributed by atoms with van der Waals surface area (Å²) >= 11 is 0. The van der Waals surface area contributed by atoms with Crippen molar-refractivity contribution >= 4 is 17.9 Å². The van der Waals surface area contributed by atoms with E-state index in [0.717, 1.165) is 12.8 Å². The van der Waals surface area contributed by atoms with E-state index in [9.17, 15) is 14.4 Å². The van der Waals surface area contributed by atoms with E-state index < -0.39 is 24.0 Å². The van der Waals surface area contributed by atoms with Gasteiger partial charge in [-0.3, -0.25) is 10.1 Å². The average Bonchev–Trinajstić information content (AvgIpc) is 2.54. The topological polar surface area (TPSA) is 110 Å². The maximum absolute atomic E-state index is 12.2. The Balaban J connectivity index is 2.61. The minimum Gasteiger partial charge on any atom is -0.449 e. The predicted octanol–water partition coefficient (Wildman–Crippen LogP) is 1.77. The number of carbonyl (C=O) groups is 3. The molecule has 0 aliphatic rings. The number of aromatic nitrogens is 2. The molecule has 24 heavy (non-hydrogen) atoms. The number of amides is 3. The lowest BCUT2D eigenvalue weighted by Gasteiger charge is -2.15. The third-order valence-corrected chi connectivity index (χ3v) is 3.22. The Morgan fingerprint density at radius 3 is 2.58 bits per heavy atom. The van der Waals surface area contributed by atoms with Gasteiger partial charge in [-0.25, -0.2) is 19.6 Å². The minimum atomic E-state index is -1.12. The van der Waals surface area contributed by atoms with Crippen LogP contribution in [0.1, 0.15) is 62.5 Å². The second-order valence-corrected chi connectivity index (χ2v) is 5.62. The van der Waals surface area contributed by atoms with Crippen LogP contribution >= 0.6 is 0 Å². The number of rotatable bonds is 7. The lowest BCUT2D eigenvalue weighted by molar-refractivity contribution is -0.127. The molecule has 1 heterocycles. The van der Waals surface area contributed by atoms with Crippen LogP contribution in [-0.2, 0) is 9.53 Å². The standard InChI is InChI=1S/C16H24N4O4/c1-5-6-7-18-16(23)20-14(21)11(4)24-15(22)12-8-17-9-19-13(12)10(2)3/h8-11H,5-7H2,1-4H3,(H2,18,20,21,23). The van der Waals surface area contributed by atoms with Crippen molar-refractivity contribution in [3.63, 3.8) is 0 Å². The Morgan fingerprint density at radius 1 is 1.25 bits per heavy atom. The van der Waals surface area contributed by atoms with Gasteiger partial charge < -0.3 is 10.1 Å². The van der Waals surface area contributed by atoms with Crippen LogP contribution in [0.4, 0.5) is 4.79 Å². The number of esters is 1. The molecule has 0 fully saturated rings. The fourth-order valence-corrected chi connectivity index (χ4v) is 1.87. The van der Waals surface area contributed by atoms with Crippen LogP contribution in [0, 0.1) is 0 Å². The highest BCUT2D eigenvalue weighted by Gasteiger charge is 2.23. The van der Waals surface area contributed by atoms with Crippen molar-refractivity contribution in [3.8, 4) is 0 Å². The zero-order valence-electron chi connectivity index (χ0n) is 14.5. The quantitative estimate of drug-likeness (QED) is 0.580. The zero-order valence-corrected chi connectivity index (χ0v) is 14.5. The van der Waals surface area contributed by atoms with Gasteiger partial charge >= 0.3 is 12.0 Å². The molecule has 0 aliphatic carbocycles. The van der Waals surface area contributed by atoms with Crippen LogP contribution in [0.25, 0.3) is 0 Å². The number of carbonyl (C=O) groups excluding carboxylic acids is 3. The van der Waals surface area contributed by atoms with Crippen molar-refractivity contribution < 1.29 is 19.1 Å². The predicted molar refractivity (Wildman–Crippen MR) is 87.4 cm³/mol. The van der Waals surface area contributed by atoms with Crippen LogP contribution in [0.15, 0.2) is 12.5 Å². The first kappa shape index (κ1) is 19.5. The van der Waals surface area contributed by atoms with Crippen LogP contribution in [0.3, 0.4) is 0 Å². The molecular formula is C16H24N4O4. The van der Waals surface area contributed by atoms with Crippen molar-refractivity contribution in [2.45, 2.75) is 52.6 Å². The highest BCUT2D eigenvalue weighted by molar-refractivity contribution is 5.98. The Kier molecular flexibility index (Phi) is 7.81. The second kappa shape index (κ2) is 9.59. The second-order valence-electron chi connectivity index (χ2n) is 5.62. The van der Waals surface area contributed by atoms with Gasteiger partial charge in [0.2, 0.25) is 0 Å². The molecule has 8 nitrogen and oxygen atoms in total. The van der Waals surface area contributed by atoms with E-state index in [1.165, 1.54) is 19.4 Å². The van der Waals surface area contributed by atoms with Crippen LogP contribution in [-0.4, -0.2) is 40.5 Å². The van der Waals surface area contributed by atoms with Gasteiger partial charge in [-0.1, -0.05) is 27.2 Å². The molecule has 0 aromatic carbocycles. The SMILES string of the molecule is CCCCNC(=O)NC(=O)C(C)OC(=O)c1cncnc1C(C)C. The first-order valence-corrected chi connectivity index (χ1v) is 7.96. The van der Waals surface area contributed by atoms with Crippen molar-refractivity contribution in [2.75, 3.05) is 6.54 Å². The van der Waals surface area contributed by atoms with E-state index in [-0.39, 0.29) is 11.5 Å². The molecular weight excluding hydrogens is 312 g/mol. The van der Waals surface area contributed by atoms with Crippen molar-refractivity contribution in [1.29, 1.82) is 0 Å². The van der Waals surface area contributed by atoms with Gasteiger partial charge in [0.1, 0.15) is 6.33 Å². The summed E-state index contributed by atoms with van der Waals surface area (Å²) in [6.45, 7) is 7.63. The molecule has 0 aliphatic heterocycles. The molecule has 8 heteroatoms. The number of nitrogens with zero attached hydrogens (tertiary/aromatic N) is 2. The van der Waals surface area contributed by atoms with Crippen molar-refractivity contribution in [3.05, 3.63) is 23.8 Å². The molecule has 0 radical (unpaired) electrons. The fourth-order valence-electron chi connectivity index (χ4n) is 1.87. The van der Waals surface area contributed by atoms with E-state index in [1.807, 2.05) is 20.8 Å². The number of imide groups is 1. The number of nitrogens with one attached hydrogen (secondary N) is 2. The van der Waals surface area contributed by atoms with Crippen molar-refractivity contribution in [2.24, 2.45) is 0 Å². The van der Waals surface area contributed by atoms with Gasteiger partial charge in [0.25, 0.3) is 5.91 Å². The monoisotopic (exact) mass is 336 g/mol. The van der Waals surface area contributed by atoms with Crippen LogP contribution in [0.2, 0.25) is 0 Å². The van der Waals surface area contributed by atoms with E-state index in [2.05, 4.69) is 20.6 Å². The molecule has 0 spiro atoms. The largest absolute Gasteiger partial charge is 0.449 e. The van der Waals surface area contributed by atoms with E-state index in [0.29, 0.717) is 12.2 Å². The lowest BCUT2D eigenvalue weighted by Crippen LogP contribution is -2.45. The number of hydrogen-bond donors (Lipinski definition) is 2. The molecule has 0 saturated heterocycles. The van der Waals surface area contributed by atoms with E-state index >= 15 is 0 Å². The lowest BCUT2D eigenvalue weighted by atomic mass is 10.1. The van der Waals surface area contributed by atoms with E-state index in [4.69, 9.17) is 4.74 Å².